The van der Waals surface area contributed by atoms with E-state index in [0.29, 0.717) is 0 Å². The summed E-state index contributed by atoms with van der Waals surface area (Å²) >= 11 is 3.34. The Labute approximate surface area is 129 Å². The van der Waals surface area contributed by atoms with Crippen LogP contribution in [0.1, 0.15) is 24.5 Å². The molecule has 1 N–H and O–H groups in total. The van der Waals surface area contributed by atoms with Gasteiger partial charge in [0.2, 0.25) is 5.91 Å². The molecule has 0 bridgehead atoms. The summed E-state index contributed by atoms with van der Waals surface area (Å²) in [6, 6.07) is 6.11. The molecule has 108 valence electrons. The Hall–Kier alpha value is -0.940. The summed E-state index contributed by atoms with van der Waals surface area (Å²) in [5, 5.41) is 2.98. The van der Waals surface area contributed by atoms with E-state index in [2.05, 4.69) is 16.4 Å². The molecule has 3 nitrogen and oxygen atoms in total. The predicted octanol–water partition coefficient (Wildman–Crippen LogP) is 3.86. The van der Waals surface area contributed by atoms with Gasteiger partial charge < -0.3 is 5.32 Å². The van der Waals surface area contributed by atoms with Crippen molar-refractivity contribution >= 4 is 39.5 Å². The lowest BCUT2D eigenvalue weighted by molar-refractivity contribution is -0.115. The molecule has 0 saturated carbocycles. The normalized spacial score (nSPS) is 15.8. The molecule has 2 rings (SSSR count). The van der Waals surface area contributed by atoms with E-state index in [9.17, 15) is 4.79 Å². The maximum atomic E-state index is 12.4. The van der Waals surface area contributed by atoms with Crippen LogP contribution in [0.4, 0.5) is 5.69 Å². The van der Waals surface area contributed by atoms with Crippen molar-refractivity contribution in [3.05, 3.63) is 29.3 Å². The molecule has 1 aliphatic heterocycles. The van der Waals surface area contributed by atoms with Crippen LogP contribution in [0.5, 0.6) is 0 Å². The fraction of sp³-hybridized carbons (Fsp3) is 0.467. The summed E-state index contributed by atoms with van der Waals surface area (Å²) in [5.74, 6) is 1.11. The Morgan fingerprint density at radius 2 is 2.30 bits per heavy atom. The molecule has 0 aliphatic carbocycles. The number of anilines is 1. The lowest BCUT2D eigenvalue weighted by Gasteiger charge is -2.15. The highest BCUT2D eigenvalue weighted by Crippen LogP contribution is 2.28. The van der Waals surface area contributed by atoms with Crippen LogP contribution in [0.25, 0.3) is 0 Å². The van der Waals surface area contributed by atoms with Crippen molar-refractivity contribution in [3.8, 4) is 0 Å². The van der Waals surface area contributed by atoms with Gasteiger partial charge in [0, 0.05) is 11.4 Å². The topological polar surface area (TPSA) is 41.5 Å². The second-order valence-corrected chi connectivity index (χ2v) is 7.35. The van der Waals surface area contributed by atoms with Gasteiger partial charge in [0.1, 0.15) is 4.38 Å². The van der Waals surface area contributed by atoms with Crippen LogP contribution in [-0.4, -0.2) is 27.8 Å². The van der Waals surface area contributed by atoms with Crippen molar-refractivity contribution in [1.29, 1.82) is 0 Å². The second-order valence-electron chi connectivity index (χ2n) is 4.82. The van der Waals surface area contributed by atoms with Crippen molar-refractivity contribution in [1.82, 2.24) is 0 Å². The zero-order chi connectivity index (χ0) is 14.5. The highest BCUT2D eigenvalue weighted by molar-refractivity contribution is 8.39. The number of thioether (sulfide) groups is 2. The summed E-state index contributed by atoms with van der Waals surface area (Å²) in [6.07, 6.45) is 0.806. The summed E-state index contributed by atoms with van der Waals surface area (Å²) in [6.45, 7) is 6.97. The summed E-state index contributed by atoms with van der Waals surface area (Å²) < 4.78 is 1.05. The van der Waals surface area contributed by atoms with Crippen LogP contribution in [0.15, 0.2) is 23.2 Å². The van der Waals surface area contributed by atoms with Crippen molar-refractivity contribution < 1.29 is 4.79 Å². The fourth-order valence-electron chi connectivity index (χ4n) is 1.91. The number of aryl methyl sites for hydroxylation is 2. The zero-order valence-electron chi connectivity index (χ0n) is 12.1. The first-order valence-electron chi connectivity index (χ1n) is 6.82. The third kappa shape index (κ3) is 4.03. The Bertz CT molecular complexity index is 529. The minimum atomic E-state index is -0.0701. The molecule has 1 aromatic carbocycles. The molecule has 1 aromatic rings. The minimum absolute atomic E-state index is 0.0701. The van der Waals surface area contributed by atoms with E-state index >= 15 is 0 Å². The summed E-state index contributed by atoms with van der Waals surface area (Å²) in [5.41, 5.74) is 3.16. The maximum Gasteiger partial charge on any atom is 0.237 e. The smallest absolute Gasteiger partial charge is 0.237 e. The molecule has 1 atom stereocenters. The molecule has 1 unspecified atom stereocenters. The van der Waals surface area contributed by atoms with Crippen LogP contribution >= 0.6 is 23.5 Å². The highest BCUT2D eigenvalue weighted by atomic mass is 32.2. The lowest BCUT2D eigenvalue weighted by atomic mass is 10.1. The minimum Gasteiger partial charge on any atom is -0.325 e. The number of aliphatic imine (C=N–C) groups is 1. The van der Waals surface area contributed by atoms with Gasteiger partial charge in [-0.2, -0.15) is 0 Å². The predicted molar refractivity (Wildman–Crippen MR) is 91.0 cm³/mol. The van der Waals surface area contributed by atoms with Crippen molar-refractivity contribution in [2.24, 2.45) is 4.99 Å². The van der Waals surface area contributed by atoms with E-state index < -0.39 is 0 Å². The maximum absolute atomic E-state index is 12.4. The molecule has 0 radical (unpaired) electrons. The molecule has 0 saturated heterocycles. The van der Waals surface area contributed by atoms with Gasteiger partial charge in [-0.3, -0.25) is 9.79 Å². The van der Waals surface area contributed by atoms with Gasteiger partial charge in [-0.25, -0.2) is 0 Å². The largest absolute Gasteiger partial charge is 0.325 e. The van der Waals surface area contributed by atoms with Gasteiger partial charge in [-0.1, -0.05) is 42.6 Å². The number of carbonyl (C=O) groups is 1. The Morgan fingerprint density at radius 3 is 2.95 bits per heavy atom. The van der Waals surface area contributed by atoms with Crippen LogP contribution in [-0.2, 0) is 4.79 Å². The van der Waals surface area contributed by atoms with E-state index in [-0.39, 0.29) is 11.2 Å². The van der Waals surface area contributed by atoms with E-state index in [1.807, 2.05) is 32.9 Å². The van der Waals surface area contributed by atoms with Crippen molar-refractivity contribution in [2.75, 3.05) is 17.6 Å². The Morgan fingerprint density at radius 1 is 1.50 bits per heavy atom. The van der Waals surface area contributed by atoms with Crippen LogP contribution in [0.2, 0.25) is 0 Å². The third-order valence-corrected chi connectivity index (χ3v) is 5.68. The van der Waals surface area contributed by atoms with E-state index in [1.165, 1.54) is 0 Å². The summed E-state index contributed by atoms with van der Waals surface area (Å²) in [4.78, 5) is 16.8. The number of nitrogens with one attached hydrogen (secondary N) is 1. The SMILES string of the molecule is CCC(SC1=NCCS1)C(=O)Nc1cc(C)ccc1C. The second kappa shape index (κ2) is 7.18. The van der Waals surface area contributed by atoms with Crippen molar-refractivity contribution in [3.63, 3.8) is 0 Å². The number of hydrogen-bond acceptors (Lipinski definition) is 4. The molecule has 20 heavy (non-hydrogen) atoms. The lowest BCUT2D eigenvalue weighted by Crippen LogP contribution is -2.25. The fourth-order valence-corrected chi connectivity index (χ4v) is 4.07. The highest BCUT2D eigenvalue weighted by Gasteiger charge is 2.22. The van der Waals surface area contributed by atoms with E-state index in [4.69, 9.17) is 0 Å². The molecule has 1 aliphatic rings. The van der Waals surface area contributed by atoms with Crippen molar-refractivity contribution in [2.45, 2.75) is 32.4 Å². The van der Waals surface area contributed by atoms with Crippen LogP contribution < -0.4 is 5.32 Å². The Kier molecular flexibility index (Phi) is 5.54. The average Bonchev–Trinajstić information content (AvgIpc) is 2.93. The standard InChI is InChI=1S/C15H20N2OS2/c1-4-13(20-15-16-7-8-19-15)14(18)17-12-9-10(2)5-6-11(12)3/h5-6,9,13H,4,7-8H2,1-3H3,(H,17,18). The van der Waals surface area contributed by atoms with Crippen LogP contribution in [0.3, 0.4) is 0 Å². The third-order valence-electron chi connectivity index (χ3n) is 3.11. The number of benzene rings is 1. The molecule has 1 heterocycles. The van der Waals surface area contributed by atoms with Gasteiger partial charge >= 0.3 is 0 Å². The molecular weight excluding hydrogens is 288 g/mol. The number of amides is 1. The monoisotopic (exact) mass is 308 g/mol. The zero-order valence-corrected chi connectivity index (χ0v) is 13.7. The molecular formula is C15H20N2OS2. The molecule has 1 amide bonds. The van der Waals surface area contributed by atoms with E-state index in [0.717, 1.165) is 39.9 Å². The van der Waals surface area contributed by atoms with Gasteiger partial charge in [0.15, 0.2) is 0 Å². The van der Waals surface area contributed by atoms with Gasteiger partial charge in [0.05, 0.1) is 11.8 Å². The molecule has 0 aromatic heterocycles. The quantitative estimate of drug-likeness (QED) is 0.918. The van der Waals surface area contributed by atoms with Gasteiger partial charge in [-0.05, 0) is 37.5 Å². The first-order valence-corrected chi connectivity index (χ1v) is 8.68. The van der Waals surface area contributed by atoms with Crippen LogP contribution in [0, 0.1) is 13.8 Å². The number of rotatable bonds is 4. The average molecular weight is 308 g/mol. The molecule has 0 spiro atoms. The number of hydrogen-bond donors (Lipinski definition) is 1. The Balaban J connectivity index is 2.03. The number of nitrogens with zero attached hydrogens (tertiary/aromatic N) is 1. The molecule has 0 fully saturated rings. The van der Waals surface area contributed by atoms with Gasteiger partial charge in [0.25, 0.3) is 0 Å². The van der Waals surface area contributed by atoms with Gasteiger partial charge in [-0.15, -0.1) is 0 Å². The first-order chi connectivity index (χ1) is 9.60. The molecule has 5 heteroatoms. The van der Waals surface area contributed by atoms with E-state index in [1.54, 1.807) is 23.5 Å². The summed E-state index contributed by atoms with van der Waals surface area (Å²) in [7, 11) is 0. The first kappa shape index (κ1) is 15.4. The number of carbonyl (C=O) groups excluding carboxylic acids is 1.